The molecule has 0 bridgehead atoms. The number of halogens is 1. The van der Waals surface area contributed by atoms with E-state index in [0.29, 0.717) is 24.1 Å². The van der Waals surface area contributed by atoms with E-state index >= 15 is 0 Å². The highest BCUT2D eigenvalue weighted by Gasteiger charge is 2.06. The van der Waals surface area contributed by atoms with Gasteiger partial charge in [0, 0.05) is 24.7 Å². The van der Waals surface area contributed by atoms with Gasteiger partial charge < -0.3 is 10.6 Å². The highest BCUT2D eigenvalue weighted by Crippen LogP contribution is 2.11. The average Bonchev–Trinajstić information content (AvgIpc) is 2.30. The lowest BCUT2D eigenvalue weighted by Gasteiger charge is -2.16. The lowest BCUT2D eigenvalue weighted by molar-refractivity contribution is 0.466. The van der Waals surface area contributed by atoms with Crippen LogP contribution in [-0.4, -0.2) is 19.1 Å². The Morgan fingerprint density at radius 3 is 2.56 bits per heavy atom. The molecular formula is C15H25FN2. The van der Waals surface area contributed by atoms with Gasteiger partial charge in [0.05, 0.1) is 0 Å². The molecule has 1 aromatic carbocycles. The van der Waals surface area contributed by atoms with Gasteiger partial charge in [0.2, 0.25) is 0 Å². The van der Waals surface area contributed by atoms with Gasteiger partial charge in [0.15, 0.2) is 0 Å². The van der Waals surface area contributed by atoms with Crippen molar-refractivity contribution in [1.82, 2.24) is 10.6 Å². The van der Waals surface area contributed by atoms with Crippen molar-refractivity contribution in [2.24, 2.45) is 5.92 Å². The third-order valence-electron chi connectivity index (χ3n) is 2.92. The first-order valence-electron chi connectivity index (χ1n) is 6.68. The molecule has 0 heterocycles. The first-order chi connectivity index (χ1) is 8.50. The van der Waals surface area contributed by atoms with E-state index < -0.39 is 0 Å². The number of hydrogen-bond acceptors (Lipinski definition) is 2. The molecule has 1 atom stereocenters. The monoisotopic (exact) mass is 252 g/mol. The quantitative estimate of drug-likeness (QED) is 0.779. The summed E-state index contributed by atoms with van der Waals surface area (Å²) in [5, 5.41) is 6.73. The first-order valence-corrected chi connectivity index (χ1v) is 6.68. The summed E-state index contributed by atoms with van der Waals surface area (Å²) in [4.78, 5) is 0. The molecule has 0 saturated carbocycles. The predicted molar refractivity (Wildman–Crippen MR) is 75.1 cm³/mol. The van der Waals surface area contributed by atoms with E-state index in [4.69, 9.17) is 0 Å². The summed E-state index contributed by atoms with van der Waals surface area (Å²) in [6.07, 6.45) is 0. The third-order valence-corrected chi connectivity index (χ3v) is 2.92. The largest absolute Gasteiger partial charge is 0.315 e. The van der Waals surface area contributed by atoms with Crippen LogP contribution >= 0.6 is 0 Å². The Balaban J connectivity index is 2.33. The van der Waals surface area contributed by atoms with Gasteiger partial charge in [-0.05, 0) is 31.9 Å². The van der Waals surface area contributed by atoms with E-state index in [9.17, 15) is 4.39 Å². The molecule has 2 N–H and O–H groups in total. The van der Waals surface area contributed by atoms with Crippen molar-refractivity contribution >= 4 is 0 Å². The van der Waals surface area contributed by atoms with Crippen molar-refractivity contribution in [2.45, 2.75) is 40.3 Å². The highest BCUT2D eigenvalue weighted by atomic mass is 19.1. The predicted octanol–water partition coefficient (Wildman–Crippen LogP) is 2.86. The molecule has 102 valence electrons. The van der Waals surface area contributed by atoms with Crippen LogP contribution in [0.3, 0.4) is 0 Å². The minimum Gasteiger partial charge on any atom is -0.315 e. The fourth-order valence-electron chi connectivity index (χ4n) is 1.79. The maximum absolute atomic E-state index is 13.8. The number of benzene rings is 1. The van der Waals surface area contributed by atoms with Crippen LogP contribution in [0.2, 0.25) is 0 Å². The topological polar surface area (TPSA) is 24.1 Å². The Kier molecular flexibility index (Phi) is 6.30. The molecule has 1 rings (SSSR count). The van der Waals surface area contributed by atoms with Crippen LogP contribution in [0.4, 0.5) is 4.39 Å². The Bertz CT molecular complexity index is 364. The molecule has 0 aliphatic heterocycles. The van der Waals surface area contributed by atoms with E-state index in [1.54, 1.807) is 13.0 Å². The standard InChI is InChI=1S/C15H25FN2/c1-11(2)8-17-9-13(4)18-10-14-7-5-6-12(3)15(14)16/h5-7,11,13,17-18H,8-10H2,1-4H3. The fourth-order valence-corrected chi connectivity index (χ4v) is 1.79. The highest BCUT2D eigenvalue weighted by molar-refractivity contribution is 5.24. The summed E-state index contributed by atoms with van der Waals surface area (Å²) in [5.74, 6) is 0.568. The van der Waals surface area contributed by atoms with Crippen LogP contribution < -0.4 is 10.6 Å². The zero-order valence-corrected chi connectivity index (χ0v) is 11.9. The molecule has 0 radical (unpaired) electrons. The minimum absolute atomic E-state index is 0.0904. The summed E-state index contributed by atoms with van der Waals surface area (Å²) in [6.45, 7) is 10.8. The molecule has 0 spiro atoms. The first kappa shape index (κ1) is 15.1. The Labute approximate surface area is 110 Å². The Morgan fingerprint density at radius 1 is 1.17 bits per heavy atom. The second-order valence-electron chi connectivity index (χ2n) is 5.38. The summed E-state index contributed by atoms with van der Waals surface area (Å²) in [5.41, 5.74) is 1.45. The summed E-state index contributed by atoms with van der Waals surface area (Å²) < 4.78 is 13.8. The average molecular weight is 252 g/mol. The normalized spacial score (nSPS) is 13.0. The molecule has 2 nitrogen and oxygen atoms in total. The zero-order chi connectivity index (χ0) is 13.5. The van der Waals surface area contributed by atoms with Gasteiger partial charge in [-0.2, -0.15) is 0 Å². The van der Waals surface area contributed by atoms with E-state index in [1.807, 2.05) is 12.1 Å². The Morgan fingerprint density at radius 2 is 1.89 bits per heavy atom. The van der Waals surface area contributed by atoms with Crippen molar-refractivity contribution in [1.29, 1.82) is 0 Å². The summed E-state index contributed by atoms with van der Waals surface area (Å²) >= 11 is 0. The molecule has 18 heavy (non-hydrogen) atoms. The van der Waals surface area contributed by atoms with E-state index in [-0.39, 0.29) is 5.82 Å². The number of hydrogen-bond donors (Lipinski definition) is 2. The van der Waals surface area contributed by atoms with E-state index in [1.165, 1.54) is 0 Å². The van der Waals surface area contributed by atoms with Crippen molar-refractivity contribution < 1.29 is 4.39 Å². The summed E-state index contributed by atoms with van der Waals surface area (Å²) in [7, 11) is 0. The van der Waals surface area contributed by atoms with Gasteiger partial charge in [0.25, 0.3) is 0 Å². The molecule has 3 heteroatoms. The van der Waals surface area contributed by atoms with Gasteiger partial charge in [-0.25, -0.2) is 4.39 Å². The third kappa shape index (κ3) is 5.15. The molecule has 1 unspecified atom stereocenters. The van der Waals surface area contributed by atoms with Crippen molar-refractivity contribution in [3.05, 3.63) is 35.1 Å². The smallest absolute Gasteiger partial charge is 0.130 e. The molecule has 0 amide bonds. The van der Waals surface area contributed by atoms with Crippen LogP contribution in [0.15, 0.2) is 18.2 Å². The maximum Gasteiger partial charge on any atom is 0.130 e. The van der Waals surface area contributed by atoms with E-state index in [0.717, 1.165) is 18.7 Å². The molecule has 0 aromatic heterocycles. The molecule has 0 aliphatic rings. The Hall–Kier alpha value is -0.930. The molecule has 0 aliphatic carbocycles. The summed E-state index contributed by atoms with van der Waals surface area (Å²) in [6, 6.07) is 5.87. The van der Waals surface area contributed by atoms with Crippen LogP contribution in [0.5, 0.6) is 0 Å². The lowest BCUT2D eigenvalue weighted by Crippen LogP contribution is -2.37. The van der Waals surface area contributed by atoms with Gasteiger partial charge >= 0.3 is 0 Å². The van der Waals surface area contributed by atoms with Gasteiger partial charge in [0.1, 0.15) is 5.82 Å². The molecule has 0 saturated heterocycles. The van der Waals surface area contributed by atoms with Crippen molar-refractivity contribution in [2.75, 3.05) is 13.1 Å². The number of rotatable bonds is 7. The molecule has 0 fully saturated rings. The SMILES string of the molecule is Cc1cccc(CNC(C)CNCC(C)C)c1F. The second kappa shape index (κ2) is 7.49. The lowest BCUT2D eigenvalue weighted by atomic mass is 10.1. The zero-order valence-electron chi connectivity index (χ0n) is 11.9. The van der Waals surface area contributed by atoms with Gasteiger partial charge in [-0.15, -0.1) is 0 Å². The fraction of sp³-hybridized carbons (Fsp3) is 0.600. The van der Waals surface area contributed by atoms with Crippen LogP contribution in [0.25, 0.3) is 0 Å². The molecule has 1 aromatic rings. The number of aryl methyl sites for hydroxylation is 1. The van der Waals surface area contributed by atoms with Crippen LogP contribution in [0.1, 0.15) is 31.9 Å². The second-order valence-corrected chi connectivity index (χ2v) is 5.38. The van der Waals surface area contributed by atoms with Crippen molar-refractivity contribution in [3.63, 3.8) is 0 Å². The molecular weight excluding hydrogens is 227 g/mol. The minimum atomic E-state index is -0.0904. The van der Waals surface area contributed by atoms with Crippen molar-refractivity contribution in [3.8, 4) is 0 Å². The van der Waals surface area contributed by atoms with Gasteiger partial charge in [-0.1, -0.05) is 32.0 Å². The number of nitrogens with one attached hydrogen (secondary N) is 2. The van der Waals surface area contributed by atoms with Crippen LogP contribution in [-0.2, 0) is 6.54 Å². The van der Waals surface area contributed by atoms with Gasteiger partial charge in [-0.3, -0.25) is 0 Å². The maximum atomic E-state index is 13.8. The van der Waals surface area contributed by atoms with E-state index in [2.05, 4.69) is 31.4 Å². The van der Waals surface area contributed by atoms with Crippen LogP contribution in [0, 0.1) is 18.7 Å².